The average molecular weight is 379 g/mol. The molecule has 0 aromatic heterocycles. The molecule has 0 saturated heterocycles. The maximum atomic E-state index is 13.3. The normalized spacial score (nSPS) is 11.4. The van der Waals surface area contributed by atoms with Crippen LogP contribution >= 0.6 is 27.5 Å². The van der Waals surface area contributed by atoms with Gasteiger partial charge in [-0.1, -0.05) is 27.5 Å². The van der Waals surface area contributed by atoms with Crippen molar-refractivity contribution in [2.45, 2.75) is 11.8 Å². The lowest BCUT2D eigenvalue weighted by atomic mass is 10.2. The smallest absolute Gasteiger partial charge is 0.263 e. The van der Waals surface area contributed by atoms with E-state index in [-0.39, 0.29) is 15.6 Å². The summed E-state index contributed by atoms with van der Waals surface area (Å²) in [5.74, 6) is -0.510. The molecule has 0 aliphatic carbocycles. The van der Waals surface area contributed by atoms with Crippen LogP contribution in [-0.4, -0.2) is 8.42 Å². The second kappa shape index (κ2) is 5.71. The Hall–Kier alpha value is -1.11. The number of aryl methyl sites for hydroxylation is 1. The van der Waals surface area contributed by atoms with Gasteiger partial charge in [0, 0.05) is 4.47 Å². The van der Waals surface area contributed by atoms with Gasteiger partial charge in [0.2, 0.25) is 0 Å². The molecule has 0 spiro atoms. The Kier molecular flexibility index (Phi) is 4.36. The largest absolute Gasteiger partial charge is 0.279 e. The van der Waals surface area contributed by atoms with E-state index in [0.29, 0.717) is 10.0 Å². The third kappa shape index (κ3) is 3.50. The van der Waals surface area contributed by atoms with E-state index in [9.17, 15) is 12.8 Å². The van der Waals surface area contributed by atoms with Crippen LogP contribution in [0.5, 0.6) is 0 Å². The molecule has 2 aromatic carbocycles. The van der Waals surface area contributed by atoms with Crippen LogP contribution in [0.2, 0.25) is 5.02 Å². The van der Waals surface area contributed by atoms with Gasteiger partial charge in [-0.15, -0.1) is 0 Å². The predicted molar refractivity (Wildman–Crippen MR) is 81.1 cm³/mol. The summed E-state index contributed by atoms with van der Waals surface area (Å²) < 4.78 is 40.7. The molecule has 1 N–H and O–H groups in total. The van der Waals surface area contributed by atoms with E-state index >= 15 is 0 Å². The van der Waals surface area contributed by atoms with E-state index in [4.69, 9.17) is 11.6 Å². The maximum absolute atomic E-state index is 13.3. The van der Waals surface area contributed by atoms with Gasteiger partial charge in [0.15, 0.2) is 0 Å². The van der Waals surface area contributed by atoms with Crippen LogP contribution in [0.15, 0.2) is 45.8 Å². The maximum Gasteiger partial charge on any atom is 0.263 e. The molecule has 0 unspecified atom stereocenters. The van der Waals surface area contributed by atoms with Crippen molar-refractivity contribution in [2.75, 3.05) is 4.72 Å². The van der Waals surface area contributed by atoms with Crippen LogP contribution in [0.25, 0.3) is 0 Å². The molecule has 20 heavy (non-hydrogen) atoms. The Morgan fingerprint density at radius 1 is 1.20 bits per heavy atom. The molecule has 0 aliphatic heterocycles. The average Bonchev–Trinajstić information content (AvgIpc) is 2.25. The molecule has 0 fully saturated rings. The highest BCUT2D eigenvalue weighted by Crippen LogP contribution is 2.27. The van der Waals surface area contributed by atoms with Crippen LogP contribution < -0.4 is 4.72 Å². The van der Waals surface area contributed by atoms with Crippen LogP contribution in [0.3, 0.4) is 0 Å². The highest BCUT2D eigenvalue weighted by atomic mass is 79.9. The second-order valence-electron chi connectivity index (χ2n) is 4.20. The first-order valence-electron chi connectivity index (χ1n) is 5.53. The van der Waals surface area contributed by atoms with E-state index < -0.39 is 15.8 Å². The summed E-state index contributed by atoms with van der Waals surface area (Å²) in [7, 11) is -3.86. The Morgan fingerprint density at radius 3 is 2.50 bits per heavy atom. The van der Waals surface area contributed by atoms with Crippen molar-refractivity contribution >= 4 is 43.2 Å². The van der Waals surface area contributed by atoms with Crippen LogP contribution in [0.1, 0.15) is 5.56 Å². The van der Waals surface area contributed by atoms with Crippen molar-refractivity contribution in [3.63, 3.8) is 0 Å². The zero-order valence-electron chi connectivity index (χ0n) is 10.3. The molecule has 0 radical (unpaired) electrons. The predicted octanol–water partition coefficient (Wildman–Crippen LogP) is 4.35. The first-order chi connectivity index (χ1) is 9.28. The number of sulfonamides is 1. The summed E-state index contributed by atoms with van der Waals surface area (Å²) in [5, 5.41) is 0.0833. The summed E-state index contributed by atoms with van der Waals surface area (Å²) in [5.41, 5.74) is 0.770. The van der Waals surface area contributed by atoms with Crippen molar-refractivity contribution < 1.29 is 12.8 Å². The highest BCUT2D eigenvalue weighted by Gasteiger charge is 2.18. The Bertz CT molecular complexity index is 745. The molecule has 2 aromatic rings. The topological polar surface area (TPSA) is 46.2 Å². The van der Waals surface area contributed by atoms with Crippen molar-refractivity contribution in [3.05, 3.63) is 57.3 Å². The number of nitrogens with one attached hydrogen (secondary N) is 1. The molecule has 7 heteroatoms. The first kappa shape index (κ1) is 15.3. The molecule has 0 aliphatic rings. The number of hydrogen-bond donors (Lipinski definition) is 1. The van der Waals surface area contributed by atoms with E-state index in [1.54, 1.807) is 13.0 Å². The van der Waals surface area contributed by atoms with Crippen molar-refractivity contribution in [2.24, 2.45) is 0 Å². The molecule has 0 saturated carbocycles. The number of benzene rings is 2. The van der Waals surface area contributed by atoms with Crippen LogP contribution in [-0.2, 0) is 10.0 Å². The van der Waals surface area contributed by atoms with Gasteiger partial charge in [-0.2, -0.15) is 0 Å². The fraction of sp³-hybridized carbons (Fsp3) is 0.0769. The van der Waals surface area contributed by atoms with Gasteiger partial charge in [0.1, 0.15) is 10.7 Å². The number of anilines is 1. The van der Waals surface area contributed by atoms with Crippen molar-refractivity contribution in [1.82, 2.24) is 0 Å². The summed E-state index contributed by atoms with van der Waals surface area (Å²) in [6.07, 6.45) is 0. The number of halogens is 3. The first-order valence-corrected chi connectivity index (χ1v) is 8.18. The van der Waals surface area contributed by atoms with Crippen LogP contribution in [0.4, 0.5) is 10.1 Å². The fourth-order valence-electron chi connectivity index (χ4n) is 1.70. The molecule has 0 amide bonds. The summed E-state index contributed by atoms with van der Waals surface area (Å²) in [4.78, 5) is -0.0655. The summed E-state index contributed by atoms with van der Waals surface area (Å²) in [6.45, 7) is 1.67. The van der Waals surface area contributed by atoms with E-state index in [2.05, 4.69) is 20.7 Å². The zero-order chi connectivity index (χ0) is 14.9. The Balaban J connectivity index is 2.40. The monoisotopic (exact) mass is 377 g/mol. The molecule has 0 heterocycles. The number of hydrogen-bond acceptors (Lipinski definition) is 2. The number of rotatable bonds is 3. The SMILES string of the molecule is Cc1cc(F)cc(NS(=O)(=O)c2ccc(Br)cc2Cl)c1. The third-order valence-electron chi connectivity index (χ3n) is 2.48. The molecular formula is C13H10BrClFNO2S. The van der Waals surface area contributed by atoms with Gasteiger partial charge in [0.05, 0.1) is 10.7 Å². The standard InChI is InChI=1S/C13H10BrClFNO2S/c1-8-4-10(16)7-11(5-8)17-20(18,19)13-3-2-9(14)6-12(13)15/h2-7,17H,1H3. The minimum Gasteiger partial charge on any atom is -0.279 e. The van der Waals surface area contributed by atoms with Gasteiger partial charge in [-0.05, 0) is 48.9 Å². The minimum atomic E-state index is -3.86. The Labute approximate surface area is 130 Å². The lowest BCUT2D eigenvalue weighted by Crippen LogP contribution is -2.13. The van der Waals surface area contributed by atoms with Crippen molar-refractivity contribution in [3.8, 4) is 0 Å². The lowest BCUT2D eigenvalue weighted by Gasteiger charge is -2.10. The second-order valence-corrected chi connectivity index (χ2v) is 7.17. The Morgan fingerprint density at radius 2 is 1.90 bits per heavy atom. The van der Waals surface area contributed by atoms with Gasteiger partial charge in [0.25, 0.3) is 10.0 Å². The molecule has 2 rings (SSSR count). The lowest BCUT2D eigenvalue weighted by molar-refractivity contribution is 0.601. The van der Waals surface area contributed by atoms with E-state index in [1.165, 1.54) is 24.3 Å². The quantitative estimate of drug-likeness (QED) is 0.863. The molecule has 0 atom stereocenters. The van der Waals surface area contributed by atoms with Gasteiger partial charge in [-0.3, -0.25) is 4.72 Å². The highest BCUT2D eigenvalue weighted by molar-refractivity contribution is 9.10. The molecule has 0 bridgehead atoms. The summed E-state index contributed by atoms with van der Waals surface area (Å²) >= 11 is 9.12. The summed E-state index contributed by atoms with van der Waals surface area (Å²) in [6, 6.07) is 8.38. The molecule has 3 nitrogen and oxygen atoms in total. The third-order valence-corrected chi connectivity index (χ3v) is 4.84. The van der Waals surface area contributed by atoms with E-state index in [1.807, 2.05) is 0 Å². The van der Waals surface area contributed by atoms with Gasteiger partial charge < -0.3 is 0 Å². The van der Waals surface area contributed by atoms with Crippen molar-refractivity contribution in [1.29, 1.82) is 0 Å². The zero-order valence-corrected chi connectivity index (χ0v) is 13.5. The van der Waals surface area contributed by atoms with Gasteiger partial charge in [-0.25, -0.2) is 12.8 Å². The molecular weight excluding hydrogens is 369 g/mol. The van der Waals surface area contributed by atoms with E-state index in [0.717, 1.165) is 6.07 Å². The fourth-order valence-corrected chi connectivity index (χ4v) is 3.78. The minimum absolute atomic E-state index is 0.0655. The van der Waals surface area contributed by atoms with Gasteiger partial charge >= 0.3 is 0 Å². The van der Waals surface area contributed by atoms with Crippen LogP contribution in [0, 0.1) is 12.7 Å². The molecule has 106 valence electrons.